The summed E-state index contributed by atoms with van der Waals surface area (Å²) in [6.07, 6.45) is 0.688. The van der Waals surface area contributed by atoms with E-state index in [4.69, 9.17) is 11.6 Å². The molecule has 0 aliphatic heterocycles. The van der Waals surface area contributed by atoms with E-state index in [0.29, 0.717) is 17.0 Å². The van der Waals surface area contributed by atoms with Crippen molar-refractivity contribution in [3.63, 3.8) is 0 Å². The third kappa shape index (κ3) is 2.22. The third-order valence-corrected chi connectivity index (χ3v) is 3.27. The quantitative estimate of drug-likeness (QED) is 0.866. The second kappa shape index (κ2) is 4.88. The van der Waals surface area contributed by atoms with Crippen molar-refractivity contribution in [1.82, 2.24) is 0 Å². The molecule has 3 heteroatoms. The summed E-state index contributed by atoms with van der Waals surface area (Å²) in [6.45, 7) is 7.78. The van der Waals surface area contributed by atoms with Crippen molar-refractivity contribution in [2.45, 2.75) is 40.0 Å². The summed E-state index contributed by atoms with van der Waals surface area (Å²) in [5.41, 5.74) is 2.98. The average Bonchev–Trinajstić information content (AvgIpc) is 2.20. The van der Waals surface area contributed by atoms with Crippen molar-refractivity contribution in [3.05, 3.63) is 33.3 Å². The fraction of sp³-hybridized carbons (Fsp3) is 0.462. The Hall–Kier alpha value is -1.02. The average molecular weight is 241 g/mol. The maximum Gasteiger partial charge on any atom is 0.336 e. The Morgan fingerprint density at radius 1 is 1.50 bits per heavy atom. The molecule has 1 rings (SSSR count). The first-order chi connectivity index (χ1) is 7.40. The predicted molar refractivity (Wildman–Crippen MR) is 66.6 cm³/mol. The largest absolute Gasteiger partial charge is 0.478 e. The van der Waals surface area contributed by atoms with Crippen LogP contribution in [-0.2, 0) is 6.42 Å². The van der Waals surface area contributed by atoms with Gasteiger partial charge in [-0.3, -0.25) is 0 Å². The summed E-state index contributed by atoms with van der Waals surface area (Å²) in [7, 11) is 0. The Labute approximate surface area is 101 Å². The molecular formula is C13H17ClO2. The number of hydrogen-bond donors (Lipinski definition) is 1. The van der Waals surface area contributed by atoms with Gasteiger partial charge >= 0.3 is 5.97 Å². The number of halogens is 1. The maximum atomic E-state index is 11.3. The highest BCUT2D eigenvalue weighted by Gasteiger charge is 2.20. The molecule has 0 fully saturated rings. The zero-order valence-corrected chi connectivity index (χ0v) is 10.9. The topological polar surface area (TPSA) is 37.3 Å². The normalized spacial score (nSPS) is 10.9. The lowest BCUT2D eigenvalue weighted by Gasteiger charge is -2.17. The second-order valence-corrected chi connectivity index (χ2v) is 4.65. The van der Waals surface area contributed by atoms with Crippen molar-refractivity contribution in [2.75, 3.05) is 0 Å². The van der Waals surface area contributed by atoms with E-state index in [-0.39, 0.29) is 5.92 Å². The van der Waals surface area contributed by atoms with Crippen LogP contribution in [0.4, 0.5) is 0 Å². The van der Waals surface area contributed by atoms with Crippen LogP contribution in [0.5, 0.6) is 0 Å². The molecule has 0 aliphatic carbocycles. The first kappa shape index (κ1) is 13.0. The van der Waals surface area contributed by atoms with Crippen molar-refractivity contribution >= 4 is 17.6 Å². The summed E-state index contributed by atoms with van der Waals surface area (Å²) in [4.78, 5) is 11.3. The van der Waals surface area contributed by atoms with Crippen molar-refractivity contribution in [3.8, 4) is 0 Å². The Bertz CT molecular complexity index is 422. The van der Waals surface area contributed by atoms with Gasteiger partial charge in [-0.05, 0) is 42.0 Å². The van der Waals surface area contributed by atoms with Crippen molar-refractivity contribution in [1.29, 1.82) is 0 Å². The molecule has 0 saturated heterocycles. The van der Waals surface area contributed by atoms with E-state index in [1.807, 2.05) is 27.7 Å². The van der Waals surface area contributed by atoms with Gasteiger partial charge in [-0.25, -0.2) is 4.79 Å². The van der Waals surface area contributed by atoms with Crippen molar-refractivity contribution < 1.29 is 9.90 Å². The van der Waals surface area contributed by atoms with Gasteiger partial charge in [0.25, 0.3) is 0 Å². The first-order valence-electron chi connectivity index (χ1n) is 5.45. The molecule has 0 spiro atoms. The lowest BCUT2D eigenvalue weighted by Crippen LogP contribution is -2.10. The summed E-state index contributed by atoms with van der Waals surface area (Å²) in [5, 5.41) is 9.96. The molecule has 0 amide bonds. The van der Waals surface area contributed by atoms with Crippen LogP contribution in [0.1, 0.15) is 53.7 Å². The summed E-state index contributed by atoms with van der Waals surface area (Å²) >= 11 is 6.13. The van der Waals surface area contributed by atoms with Crippen LogP contribution in [0.25, 0.3) is 0 Å². The van der Waals surface area contributed by atoms with Crippen LogP contribution >= 0.6 is 11.6 Å². The maximum absolute atomic E-state index is 11.3. The monoisotopic (exact) mass is 240 g/mol. The van der Waals surface area contributed by atoms with Crippen LogP contribution in [-0.4, -0.2) is 11.1 Å². The van der Waals surface area contributed by atoms with Crippen LogP contribution in [0.2, 0.25) is 5.02 Å². The molecule has 2 nitrogen and oxygen atoms in total. The Morgan fingerprint density at radius 2 is 2.06 bits per heavy atom. The molecule has 0 heterocycles. The Kier molecular flexibility index (Phi) is 3.98. The summed E-state index contributed by atoms with van der Waals surface area (Å²) < 4.78 is 0. The number of carbonyl (C=O) groups is 1. The van der Waals surface area contributed by atoms with E-state index >= 15 is 0 Å². The number of hydrogen-bond acceptors (Lipinski definition) is 1. The highest BCUT2D eigenvalue weighted by molar-refractivity contribution is 6.31. The van der Waals surface area contributed by atoms with Gasteiger partial charge in [0, 0.05) is 5.02 Å². The minimum atomic E-state index is -0.861. The van der Waals surface area contributed by atoms with E-state index in [2.05, 4.69) is 0 Å². The number of carboxylic acid groups (broad SMARTS) is 1. The first-order valence-corrected chi connectivity index (χ1v) is 5.83. The molecule has 0 saturated carbocycles. The third-order valence-electron chi connectivity index (χ3n) is 2.87. The fourth-order valence-corrected chi connectivity index (χ4v) is 2.20. The molecule has 0 atom stereocenters. The van der Waals surface area contributed by atoms with E-state index < -0.39 is 5.97 Å². The highest BCUT2D eigenvalue weighted by Crippen LogP contribution is 2.31. The molecule has 0 unspecified atom stereocenters. The summed E-state index contributed by atoms with van der Waals surface area (Å²) in [6, 6.07) is 1.78. The standard InChI is InChI=1S/C13H17ClO2/c1-5-9-8(4)11(14)6-10(7(2)3)12(9)13(15)16/h6-7H,5H2,1-4H3,(H,15,16). The highest BCUT2D eigenvalue weighted by atomic mass is 35.5. The lowest BCUT2D eigenvalue weighted by atomic mass is 9.89. The molecular weight excluding hydrogens is 224 g/mol. The van der Waals surface area contributed by atoms with Crippen molar-refractivity contribution in [2.24, 2.45) is 0 Å². The number of rotatable bonds is 3. The molecule has 0 aliphatic rings. The SMILES string of the molecule is CCc1c(C)c(Cl)cc(C(C)C)c1C(=O)O. The molecule has 1 aromatic rings. The minimum absolute atomic E-state index is 0.162. The summed E-state index contributed by atoms with van der Waals surface area (Å²) in [5.74, 6) is -0.699. The smallest absolute Gasteiger partial charge is 0.336 e. The van der Waals surface area contributed by atoms with E-state index in [9.17, 15) is 9.90 Å². The van der Waals surface area contributed by atoms with Gasteiger partial charge in [-0.2, -0.15) is 0 Å². The molecule has 88 valence electrons. The zero-order valence-electron chi connectivity index (χ0n) is 10.1. The van der Waals surface area contributed by atoms with Crippen LogP contribution < -0.4 is 0 Å². The predicted octanol–water partition coefficient (Wildman–Crippen LogP) is 4.03. The van der Waals surface area contributed by atoms with E-state index in [1.54, 1.807) is 6.07 Å². The van der Waals surface area contributed by atoms with Gasteiger partial charge in [0.15, 0.2) is 0 Å². The van der Waals surface area contributed by atoms with Gasteiger partial charge < -0.3 is 5.11 Å². The van der Waals surface area contributed by atoms with Gasteiger partial charge in [-0.15, -0.1) is 0 Å². The molecule has 0 aromatic heterocycles. The van der Waals surface area contributed by atoms with Gasteiger partial charge in [0.2, 0.25) is 0 Å². The second-order valence-electron chi connectivity index (χ2n) is 4.24. The minimum Gasteiger partial charge on any atom is -0.478 e. The van der Waals surface area contributed by atoms with Crippen LogP contribution in [0.15, 0.2) is 6.07 Å². The molecule has 1 aromatic carbocycles. The van der Waals surface area contributed by atoms with Gasteiger partial charge in [0.05, 0.1) is 5.56 Å². The Morgan fingerprint density at radius 3 is 2.44 bits per heavy atom. The van der Waals surface area contributed by atoms with Crippen LogP contribution in [0, 0.1) is 6.92 Å². The Balaban J connectivity index is 3.62. The molecule has 1 N–H and O–H groups in total. The van der Waals surface area contributed by atoms with Gasteiger partial charge in [-0.1, -0.05) is 32.4 Å². The zero-order chi connectivity index (χ0) is 12.5. The number of carboxylic acids is 1. The lowest BCUT2D eigenvalue weighted by molar-refractivity contribution is 0.0694. The van der Waals surface area contributed by atoms with Crippen LogP contribution in [0.3, 0.4) is 0 Å². The van der Waals surface area contributed by atoms with E-state index in [1.165, 1.54) is 0 Å². The van der Waals surface area contributed by atoms with Gasteiger partial charge in [0.1, 0.15) is 0 Å². The number of benzene rings is 1. The molecule has 0 radical (unpaired) electrons. The van der Waals surface area contributed by atoms with E-state index in [0.717, 1.165) is 16.7 Å². The molecule has 16 heavy (non-hydrogen) atoms. The fourth-order valence-electron chi connectivity index (χ4n) is 1.97. The molecule has 0 bridgehead atoms. The number of aromatic carboxylic acids is 1.